The first kappa shape index (κ1) is 14.4. The van der Waals surface area contributed by atoms with Crippen LogP contribution in [0.4, 0.5) is 8.78 Å². The van der Waals surface area contributed by atoms with Crippen molar-refractivity contribution >= 4 is 26.8 Å². The van der Waals surface area contributed by atoms with Crippen LogP contribution in [0.25, 0.3) is 22.3 Å². The van der Waals surface area contributed by atoms with Crippen molar-refractivity contribution in [1.29, 1.82) is 5.26 Å². The van der Waals surface area contributed by atoms with E-state index in [-0.39, 0.29) is 11.1 Å². The van der Waals surface area contributed by atoms with E-state index in [9.17, 15) is 14.0 Å². The summed E-state index contributed by atoms with van der Waals surface area (Å²) in [7, 11) is 0. The quantitative estimate of drug-likeness (QED) is 0.589. The zero-order valence-electron chi connectivity index (χ0n) is 12.0. The number of aryl methyl sites for hydroxylation is 2. The van der Waals surface area contributed by atoms with E-state index in [1.54, 1.807) is 10.8 Å². The van der Waals surface area contributed by atoms with Crippen molar-refractivity contribution in [1.82, 2.24) is 14.3 Å². The minimum Gasteiger partial charge on any atom is -0.336 e. The van der Waals surface area contributed by atoms with Crippen molar-refractivity contribution < 1.29 is 8.78 Å². The summed E-state index contributed by atoms with van der Waals surface area (Å²) in [5.74, 6) is -1.33. The fourth-order valence-electron chi connectivity index (χ4n) is 3.29. The molecule has 7 heteroatoms. The molecule has 0 aliphatic carbocycles. The van der Waals surface area contributed by atoms with Crippen molar-refractivity contribution in [3.63, 3.8) is 0 Å². The Hall–Kier alpha value is -2.20. The summed E-state index contributed by atoms with van der Waals surface area (Å²) in [6, 6.07) is 4.21. The normalized spacial score (nSPS) is 14.0. The van der Waals surface area contributed by atoms with Crippen molar-refractivity contribution in [2.75, 3.05) is 0 Å². The lowest BCUT2D eigenvalue weighted by molar-refractivity contribution is 0.510. The number of aromatic nitrogens is 3. The van der Waals surface area contributed by atoms with Gasteiger partial charge in [-0.15, -0.1) is 0 Å². The van der Waals surface area contributed by atoms with E-state index < -0.39 is 11.6 Å². The van der Waals surface area contributed by atoms with Gasteiger partial charge in [-0.3, -0.25) is 4.68 Å². The lowest BCUT2D eigenvalue weighted by atomic mass is 10.1. The van der Waals surface area contributed by atoms with Gasteiger partial charge in [0.05, 0.1) is 27.4 Å². The van der Waals surface area contributed by atoms with E-state index in [1.165, 1.54) is 6.07 Å². The molecular formula is C16H11BrF2N4. The van der Waals surface area contributed by atoms with Gasteiger partial charge >= 0.3 is 0 Å². The van der Waals surface area contributed by atoms with E-state index in [2.05, 4.69) is 27.1 Å². The third kappa shape index (κ3) is 2.01. The summed E-state index contributed by atoms with van der Waals surface area (Å²) in [4.78, 5) is 0. The van der Waals surface area contributed by atoms with Gasteiger partial charge in [0.25, 0.3) is 0 Å². The molecule has 1 aliphatic heterocycles. The van der Waals surface area contributed by atoms with Crippen LogP contribution in [0.15, 0.2) is 22.8 Å². The maximum atomic E-state index is 14.4. The summed E-state index contributed by atoms with van der Waals surface area (Å²) in [5, 5.41) is 14.3. The zero-order valence-corrected chi connectivity index (χ0v) is 13.6. The minimum atomic E-state index is -0.683. The van der Waals surface area contributed by atoms with Crippen LogP contribution in [-0.2, 0) is 13.1 Å². The summed E-state index contributed by atoms with van der Waals surface area (Å²) < 4.78 is 32.4. The van der Waals surface area contributed by atoms with Crippen molar-refractivity contribution in [3.8, 4) is 17.5 Å². The Kier molecular flexibility index (Phi) is 3.23. The van der Waals surface area contributed by atoms with Gasteiger partial charge in [-0.1, -0.05) is 0 Å². The van der Waals surface area contributed by atoms with E-state index in [1.807, 2.05) is 4.68 Å². The molecule has 0 fully saturated rings. The molecule has 1 aliphatic rings. The van der Waals surface area contributed by atoms with Crippen LogP contribution >= 0.6 is 15.9 Å². The average Bonchev–Trinajstić information content (AvgIpc) is 2.98. The molecular weight excluding hydrogens is 366 g/mol. The van der Waals surface area contributed by atoms with Crippen LogP contribution in [0.3, 0.4) is 0 Å². The molecule has 0 saturated carbocycles. The van der Waals surface area contributed by atoms with Crippen molar-refractivity contribution in [3.05, 3.63) is 40.0 Å². The SMILES string of the molecule is N#Cc1c2n(c3c(F)cc(F)cc13)CCCCn1ncc(Br)c1-2. The largest absolute Gasteiger partial charge is 0.336 e. The number of fused-ring (bicyclic) bond motifs is 5. The van der Waals surface area contributed by atoms with E-state index in [0.29, 0.717) is 17.6 Å². The lowest BCUT2D eigenvalue weighted by Crippen LogP contribution is -2.12. The number of hydrogen-bond donors (Lipinski definition) is 0. The molecule has 23 heavy (non-hydrogen) atoms. The van der Waals surface area contributed by atoms with Crippen LogP contribution in [0, 0.1) is 23.0 Å². The van der Waals surface area contributed by atoms with Crippen LogP contribution in [0.2, 0.25) is 0 Å². The Balaban J connectivity index is 2.21. The van der Waals surface area contributed by atoms with E-state index in [4.69, 9.17) is 0 Å². The Labute approximate surface area is 139 Å². The maximum Gasteiger partial charge on any atom is 0.150 e. The predicted octanol–water partition coefficient (Wildman–Crippen LogP) is 4.21. The Morgan fingerprint density at radius 3 is 2.74 bits per heavy atom. The van der Waals surface area contributed by atoms with Crippen molar-refractivity contribution in [2.45, 2.75) is 25.9 Å². The third-order valence-electron chi connectivity index (χ3n) is 4.21. The molecule has 116 valence electrons. The van der Waals surface area contributed by atoms with E-state index >= 15 is 0 Å². The molecule has 0 spiro atoms. The van der Waals surface area contributed by atoms with Gasteiger partial charge in [-0.25, -0.2) is 8.78 Å². The van der Waals surface area contributed by atoms with Gasteiger partial charge in [0, 0.05) is 24.5 Å². The van der Waals surface area contributed by atoms with Gasteiger partial charge in [-0.2, -0.15) is 10.4 Å². The molecule has 0 atom stereocenters. The highest BCUT2D eigenvalue weighted by Crippen LogP contribution is 2.39. The fourth-order valence-corrected chi connectivity index (χ4v) is 3.77. The molecule has 0 bridgehead atoms. The standard InChI is InChI=1S/C16H11BrF2N4/c17-12-8-21-23-4-2-1-3-22-14-10(5-9(18)6-13(14)19)11(7-20)15(22)16(12)23/h5-6,8H,1-4H2. The zero-order chi connectivity index (χ0) is 16.1. The molecule has 0 unspecified atom stereocenters. The fraction of sp³-hybridized carbons (Fsp3) is 0.250. The topological polar surface area (TPSA) is 46.5 Å². The molecule has 0 N–H and O–H groups in total. The van der Waals surface area contributed by atoms with Crippen LogP contribution in [-0.4, -0.2) is 14.3 Å². The predicted molar refractivity (Wildman–Crippen MR) is 84.7 cm³/mol. The van der Waals surface area contributed by atoms with Gasteiger partial charge in [0.15, 0.2) is 0 Å². The number of rotatable bonds is 0. The average molecular weight is 377 g/mol. The molecule has 0 radical (unpaired) electrons. The number of benzene rings is 1. The first-order valence-corrected chi connectivity index (χ1v) is 8.04. The second-order valence-electron chi connectivity index (χ2n) is 5.54. The summed E-state index contributed by atoms with van der Waals surface area (Å²) >= 11 is 3.46. The number of halogens is 3. The van der Waals surface area contributed by atoms with Crippen LogP contribution < -0.4 is 0 Å². The molecule has 0 amide bonds. The van der Waals surface area contributed by atoms with Crippen LogP contribution in [0.1, 0.15) is 18.4 Å². The number of nitrogens with zero attached hydrogens (tertiary/aromatic N) is 4. The molecule has 3 heterocycles. The molecule has 2 aromatic heterocycles. The van der Waals surface area contributed by atoms with Gasteiger partial charge in [0.2, 0.25) is 0 Å². The summed E-state index contributed by atoms with van der Waals surface area (Å²) in [6.45, 7) is 1.30. The third-order valence-corrected chi connectivity index (χ3v) is 4.79. The Morgan fingerprint density at radius 2 is 1.96 bits per heavy atom. The van der Waals surface area contributed by atoms with Gasteiger partial charge in [-0.05, 0) is 34.8 Å². The highest BCUT2D eigenvalue weighted by molar-refractivity contribution is 9.10. The molecule has 4 nitrogen and oxygen atoms in total. The molecule has 0 saturated heterocycles. The Bertz CT molecular complexity index is 981. The number of hydrogen-bond acceptors (Lipinski definition) is 2. The molecule has 3 aromatic rings. The van der Waals surface area contributed by atoms with E-state index in [0.717, 1.165) is 35.6 Å². The van der Waals surface area contributed by atoms with Crippen molar-refractivity contribution in [2.24, 2.45) is 0 Å². The highest BCUT2D eigenvalue weighted by Gasteiger charge is 2.27. The van der Waals surface area contributed by atoms with Crippen LogP contribution in [0.5, 0.6) is 0 Å². The number of nitriles is 1. The first-order valence-electron chi connectivity index (χ1n) is 7.25. The van der Waals surface area contributed by atoms with Gasteiger partial charge < -0.3 is 4.57 Å². The highest BCUT2D eigenvalue weighted by atomic mass is 79.9. The monoisotopic (exact) mass is 376 g/mol. The summed E-state index contributed by atoms with van der Waals surface area (Å²) in [5.41, 5.74) is 1.88. The second kappa shape index (κ2) is 5.17. The molecule has 1 aromatic carbocycles. The summed E-state index contributed by atoms with van der Waals surface area (Å²) in [6.07, 6.45) is 3.39. The second-order valence-corrected chi connectivity index (χ2v) is 6.40. The maximum absolute atomic E-state index is 14.4. The lowest BCUT2D eigenvalue weighted by Gasteiger charge is -2.17. The first-order chi connectivity index (χ1) is 11.1. The smallest absolute Gasteiger partial charge is 0.150 e. The Morgan fingerprint density at radius 1 is 1.17 bits per heavy atom. The minimum absolute atomic E-state index is 0.277. The van der Waals surface area contributed by atoms with Gasteiger partial charge in [0.1, 0.15) is 23.4 Å². The molecule has 4 rings (SSSR count).